The van der Waals surface area contributed by atoms with E-state index in [0.29, 0.717) is 0 Å². The SMILES string of the molecule is CN1CCCNC(=O)C12CCN(Cc1ccc(-c3ccccc3)s1)CC2. The lowest BCUT2D eigenvalue weighted by Gasteiger charge is -2.44. The van der Waals surface area contributed by atoms with Crippen molar-refractivity contribution in [2.24, 2.45) is 0 Å². The third kappa shape index (κ3) is 3.43. The van der Waals surface area contributed by atoms with Gasteiger partial charge in [-0.15, -0.1) is 11.3 Å². The molecule has 4 rings (SSSR count). The summed E-state index contributed by atoms with van der Waals surface area (Å²) in [4.78, 5) is 20.2. The molecule has 1 aromatic carbocycles. The summed E-state index contributed by atoms with van der Waals surface area (Å²) in [5.74, 6) is 0.236. The van der Waals surface area contributed by atoms with E-state index >= 15 is 0 Å². The molecule has 3 heterocycles. The van der Waals surface area contributed by atoms with Crippen LogP contribution in [0, 0.1) is 0 Å². The molecule has 2 aliphatic heterocycles. The van der Waals surface area contributed by atoms with Crippen LogP contribution in [0.3, 0.4) is 0 Å². The number of hydrogen-bond acceptors (Lipinski definition) is 4. The van der Waals surface area contributed by atoms with Crippen molar-refractivity contribution in [1.82, 2.24) is 15.1 Å². The van der Waals surface area contributed by atoms with Gasteiger partial charge < -0.3 is 5.32 Å². The number of piperidine rings is 1. The zero-order chi connectivity index (χ0) is 18.0. The standard InChI is InChI=1S/C21H27N3OS/c1-23-13-5-12-22-20(25)21(23)10-14-24(15-11-21)16-18-8-9-19(26-18)17-6-3-2-4-7-17/h2-4,6-9H,5,10-16H2,1H3,(H,22,25). The molecule has 26 heavy (non-hydrogen) atoms. The van der Waals surface area contributed by atoms with E-state index in [1.807, 2.05) is 11.3 Å². The Labute approximate surface area is 159 Å². The van der Waals surface area contributed by atoms with E-state index in [1.165, 1.54) is 15.3 Å². The maximum Gasteiger partial charge on any atom is 0.240 e. The second-order valence-corrected chi connectivity index (χ2v) is 8.64. The van der Waals surface area contributed by atoms with Crippen LogP contribution in [0.4, 0.5) is 0 Å². The molecule has 1 spiro atoms. The summed E-state index contributed by atoms with van der Waals surface area (Å²) >= 11 is 1.88. The fraction of sp³-hybridized carbons (Fsp3) is 0.476. The number of carbonyl (C=O) groups is 1. The lowest BCUT2D eigenvalue weighted by atomic mass is 9.85. The van der Waals surface area contributed by atoms with Crippen molar-refractivity contribution in [3.63, 3.8) is 0 Å². The van der Waals surface area contributed by atoms with Crippen LogP contribution in [0.25, 0.3) is 10.4 Å². The van der Waals surface area contributed by atoms with Gasteiger partial charge in [0, 0.05) is 42.5 Å². The van der Waals surface area contributed by atoms with Gasteiger partial charge in [0.1, 0.15) is 5.54 Å². The van der Waals surface area contributed by atoms with Crippen LogP contribution in [0.2, 0.25) is 0 Å². The minimum atomic E-state index is -0.294. The first-order valence-corrected chi connectivity index (χ1v) is 10.4. The minimum absolute atomic E-state index is 0.236. The number of rotatable bonds is 3. The molecule has 1 amide bonds. The molecule has 4 nitrogen and oxygen atoms in total. The average molecular weight is 370 g/mol. The van der Waals surface area contributed by atoms with Gasteiger partial charge >= 0.3 is 0 Å². The first-order valence-electron chi connectivity index (χ1n) is 9.53. The molecule has 2 aliphatic rings. The largest absolute Gasteiger partial charge is 0.354 e. The Morgan fingerprint density at radius 1 is 1.08 bits per heavy atom. The normalized spacial score (nSPS) is 21.5. The van der Waals surface area contributed by atoms with Gasteiger partial charge in [0.2, 0.25) is 5.91 Å². The van der Waals surface area contributed by atoms with Crippen LogP contribution in [0.15, 0.2) is 42.5 Å². The van der Waals surface area contributed by atoms with Gasteiger partial charge in [-0.1, -0.05) is 30.3 Å². The van der Waals surface area contributed by atoms with E-state index in [4.69, 9.17) is 0 Å². The molecule has 2 fully saturated rings. The number of likely N-dealkylation sites (N-methyl/N-ethyl adjacent to an activating group) is 1. The van der Waals surface area contributed by atoms with Crippen molar-refractivity contribution in [3.8, 4) is 10.4 Å². The molecule has 5 heteroatoms. The van der Waals surface area contributed by atoms with Gasteiger partial charge in [-0.2, -0.15) is 0 Å². The fourth-order valence-electron chi connectivity index (χ4n) is 4.20. The minimum Gasteiger partial charge on any atom is -0.354 e. The lowest BCUT2D eigenvalue weighted by Crippen LogP contribution is -2.60. The first-order chi connectivity index (χ1) is 12.7. The Bertz CT molecular complexity index is 750. The molecule has 2 aromatic rings. The highest BCUT2D eigenvalue weighted by molar-refractivity contribution is 7.15. The van der Waals surface area contributed by atoms with Crippen molar-refractivity contribution in [1.29, 1.82) is 0 Å². The van der Waals surface area contributed by atoms with E-state index in [1.54, 1.807) is 0 Å². The van der Waals surface area contributed by atoms with Crippen LogP contribution in [0.5, 0.6) is 0 Å². The summed E-state index contributed by atoms with van der Waals surface area (Å²) in [6.45, 7) is 4.77. The predicted octanol–water partition coefficient (Wildman–Crippen LogP) is 3.20. The second kappa shape index (κ2) is 7.51. The molecule has 0 saturated carbocycles. The van der Waals surface area contributed by atoms with Crippen molar-refractivity contribution < 1.29 is 4.79 Å². The molecule has 2 saturated heterocycles. The van der Waals surface area contributed by atoms with E-state index in [2.05, 4.69) is 64.6 Å². The van der Waals surface area contributed by atoms with Crippen molar-refractivity contribution in [2.75, 3.05) is 33.2 Å². The monoisotopic (exact) mass is 369 g/mol. The lowest BCUT2D eigenvalue weighted by molar-refractivity contribution is -0.134. The van der Waals surface area contributed by atoms with Gasteiger partial charge in [-0.05, 0) is 44.0 Å². The van der Waals surface area contributed by atoms with Crippen molar-refractivity contribution in [3.05, 3.63) is 47.3 Å². The quantitative estimate of drug-likeness (QED) is 0.902. The van der Waals surface area contributed by atoms with E-state index in [0.717, 1.165) is 52.0 Å². The molecule has 0 radical (unpaired) electrons. The maximum absolute atomic E-state index is 12.7. The van der Waals surface area contributed by atoms with E-state index < -0.39 is 0 Å². The zero-order valence-corrected chi connectivity index (χ0v) is 16.2. The highest BCUT2D eigenvalue weighted by Gasteiger charge is 2.45. The summed E-state index contributed by atoms with van der Waals surface area (Å²) in [5, 5.41) is 3.12. The number of nitrogens with one attached hydrogen (secondary N) is 1. The van der Waals surface area contributed by atoms with Crippen LogP contribution < -0.4 is 5.32 Å². The van der Waals surface area contributed by atoms with E-state index in [9.17, 15) is 4.79 Å². The summed E-state index contributed by atoms with van der Waals surface area (Å²) in [7, 11) is 2.12. The van der Waals surface area contributed by atoms with Gasteiger partial charge in [0.15, 0.2) is 0 Å². The third-order valence-corrected chi connectivity index (χ3v) is 7.01. The Balaban J connectivity index is 1.40. The predicted molar refractivity (Wildman–Crippen MR) is 107 cm³/mol. The van der Waals surface area contributed by atoms with Crippen molar-refractivity contribution >= 4 is 17.2 Å². The topological polar surface area (TPSA) is 35.6 Å². The number of nitrogens with zero attached hydrogens (tertiary/aromatic N) is 2. The number of amides is 1. The molecule has 1 aromatic heterocycles. The van der Waals surface area contributed by atoms with Gasteiger partial charge in [-0.25, -0.2) is 0 Å². The Morgan fingerprint density at radius 2 is 1.85 bits per heavy atom. The van der Waals surface area contributed by atoms with Crippen LogP contribution in [-0.2, 0) is 11.3 Å². The summed E-state index contributed by atoms with van der Waals surface area (Å²) in [6.07, 6.45) is 2.89. The maximum atomic E-state index is 12.7. The van der Waals surface area contributed by atoms with Gasteiger partial charge in [0.05, 0.1) is 0 Å². The molecular formula is C21H27N3OS. The molecule has 0 bridgehead atoms. The fourth-order valence-corrected chi connectivity index (χ4v) is 5.26. The highest BCUT2D eigenvalue weighted by atomic mass is 32.1. The molecule has 0 unspecified atom stereocenters. The second-order valence-electron chi connectivity index (χ2n) is 7.47. The first kappa shape index (κ1) is 17.7. The molecule has 138 valence electrons. The molecule has 0 aliphatic carbocycles. The summed E-state index contributed by atoms with van der Waals surface area (Å²) in [5.41, 5.74) is 0.996. The Morgan fingerprint density at radius 3 is 2.62 bits per heavy atom. The summed E-state index contributed by atoms with van der Waals surface area (Å²) in [6, 6.07) is 15.1. The number of likely N-dealkylation sites (tertiary alicyclic amines) is 1. The molecule has 1 N–H and O–H groups in total. The van der Waals surface area contributed by atoms with Crippen molar-refractivity contribution in [2.45, 2.75) is 31.3 Å². The Kier molecular flexibility index (Phi) is 5.11. The number of thiophene rings is 1. The molecular weight excluding hydrogens is 342 g/mol. The van der Waals surface area contributed by atoms with Crippen LogP contribution in [0.1, 0.15) is 24.1 Å². The third-order valence-electron chi connectivity index (χ3n) is 5.89. The van der Waals surface area contributed by atoms with Gasteiger partial charge in [0.25, 0.3) is 0 Å². The summed E-state index contributed by atoms with van der Waals surface area (Å²) < 4.78 is 0. The highest BCUT2D eigenvalue weighted by Crippen LogP contribution is 2.32. The van der Waals surface area contributed by atoms with Crippen LogP contribution >= 0.6 is 11.3 Å². The van der Waals surface area contributed by atoms with Crippen LogP contribution in [-0.4, -0.2) is 54.5 Å². The number of benzene rings is 1. The van der Waals surface area contributed by atoms with E-state index in [-0.39, 0.29) is 11.4 Å². The average Bonchev–Trinajstić information content (AvgIpc) is 3.10. The van der Waals surface area contributed by atoms with Gasteiger partial charge in [-0.3, -0.25) is 14.6 Å². The smallest absolute Gasteiger partial charge is 0.240 e. The zero-order valence-electron chi connectivity index (χ0n) is 15.4. The Hall–Kier alpha value is -1.69. The number of hydrogen-bond donors (Lipinski definition) is 1. The number of carbonyl (C=O) groups excluding carboxylic acids is 1. The molecule has 0 atom stereocenters.